The number of piperidine rings is 1. The van der Waals surface area contributed by atoms with Gasteiger partial charge >= 0.3 is 0 Å². The lowest BCUT2D eigenvalue weighted by Gasteiger charge is -2.41. The quantitative estimate of drug-likeness (QED) is 0.628. The van der Waals surface area contributed by atoms with Crippen LogP contribution in [0.2, 0.25) is 0 Å². The third-order valence-corrected chi connectivity index (χ3v) is 7.13. The molecule has 6 nitrogen and oxygen atoms in total. The molecule has 0 unspecified atom stereocenters. The van der Waals surface area contributed by atoms with E-state index in [1.165, 1.54) is 11.1 Å². The second-order valence-corrected chi connectivity index (χ2v) is 9.45. The van der Waals surface area contributed by atoms with Gasteiger partial charge in [-0.25, -0.2) is 0 Å². The normalized spacial score (nSPS) is 23.3. The number of rotatable bonds is 4. The molecule has 2 aliphatic rings. The van der Waals surface area contributed by atoms with Gasteiger partial charge in [0.05, 0.1) is 5.41 Å². The molecule has 1 amide bonds. The molecule has 6 heteroatoms. The van der Waals surface area contributed by atoms with Crippen molar-refractivity contribution < 1.29 is 9.21 Å². The second-order valence-electron chi connectivity index (χ2n) is 9.45. The highest BCUT2D eigenvalue weighted by atomic mass is 16.4. The Bertz CT molecular complexity index is 1130. The van der Waals surface area contributed by atoms with Gasteiger partial charge in [-0.2, -0.15) is 0 Å². The summed E-state index contributed by atoms with van der Waals surface area (Å²) in [6.45, 7) is 10.00. The summed E-state index contributed by atoms with van der Waals surface area (Å²) < 4.78 is 5.99. The first-order chi connectivity index (χ1) is 15.4. The van der Waals surface area contributed by atoms with Crippen molar-refractivity contribution in [3.8, 4) is 0 Å². The van der Waals surface area contributed by atoms with Crippen molar-refractivity contribution >= 4 is 5.91 Å². The highest BCUT2D eigenvalue weighted by Crippen LogP contribution is 2.45. The lowest BCUT2D eigenvalue weighted by Crippen LogP contribution is -2.51. The molecule has 0 aliphatic carbocycles. The van der Waals surface area contributed by atoms with Crippen LogP contribution in [0.4, 0.5) is 0 Å². The first kappa shape index (κ1) is 20.9. The van der Waals surface area contributed by atoms with E-state index in [2.05, 4.69) is 52.4 Å². The molecule has 5 rings (SSSR count). The molecule has 2 aliphatic heterocycles. The van der Waals surface area contributed by atoms with Crippen molar-refractivity contribution in [3.05, 3.63) is 82.6 Å². The summed E-state index contributed by atoms with van der Waals surface area (Å²) in [5.74, 6) is 1.71. The fraction of sp³-hybridized carbons (Fsp3) is 0.423. The van der Waals surface area contributed by atoms with Gasteiger partial charge in [0.25, 0.3) is 5.91 Å². The van der Waals surface area contributed by atoms with Gasteiger partial charge in [0.1, 0.15) is 0 Å². The van der Waals surface area contributed by atoms with Crippen LogP contribution in [0.15, 0.2) is 52.9 Å². The van der Waals surface area contributed by atoms with E-state index in [1.54, 1.807) is 0 Å². The molecule has 32 heavy (non-hydrogen) atoms. The molecule has 0 spiro atoms. The summed E-state index contributed by atoms with van der Waals surface area (Å²) in [6, 6.07) is 16.6. The molecule has 3 aromatic rings. The van der Waals surface area contributed by atoms with E-state index in [0.717, 1.165) is 43.1 Å². The number of hydrogen-bond acceptors (Lipinski definition) is 5. The summed E-state index contributed by atoms with van der Waals surface area (Å²) in [5, 5.41) is 8.58. The van der Waals surface area contributed by atoms with Gasteiger partial charge in [-0.3, -0.25) is 9.69 Å². The summed E-state index contributed by atoms with van der Waals surface area (Å²) in [6.07, 6.45) is 0.835. The SMILES string of the molecule is Cc1ccc(C(=O)N2CC[C@]3(c4nnc(C)o4)CN(Cc4ccccc4)C[C@@H]3C2)c(C)c1. The van der Waals surface area contributed by atoms with Crippen LogP contribution >= 0.6 is 0 Å². The highest BCUT2D eigenvalue weighted by molar-refractivity contribution is 5.95. The molecular weight excluding hydrogens is 400 g/mol. The number of amides is 1. The Morgan fingerprint density at radius 1 is 1.09 bits per heavy atom. The Labute approximate surface area is 189 Å². The third kappa shape index (κ3) is 3.73. The Hall–Kier alpha value is -2.99. The summed E-state index contributed by atoms with van der Waals surface area (Å²) in [7, 11) is 0. The van der Waals surface area contributed by atoms with Crippen LogP contribution in [0.5, 0.6) is 0 Å². The number of carbonyl (C=O) groups is 1. The number of fused-ring (bicyclic) bond motifs is 1. The van der Waals surface area contributed by atoms with Gasteiger partial charge in [0.2, 0.25) is 11.8 Å². The zero-order valence-corrected chi connectivity index (χ0v) is 19.0. The average Bonchev–Trinajstić information content (AvgIpc) is 3.37. The number of hydrogen-bond donors (Lipinski definition) is 0. The van der Waals surface area contributed by atoms with Crippen LogP contribution in [-0.4, -0.2) is 52.1 Å². The van der Waals surface area contributed by atoms with E-state index in [-0.39, 0.29) is 17.2 Å². The van der Waals surface area contributed by atoms with Crippen LogP contribution in [0.3, 0.4) is 0 Å². The molecule has 2 saturated heterocycles. The smallest absolute Gasteiger partial charge is 0.254 e. The standard InChI is InChI=1S/C26H30N4O2/c1-18-9-10-23(19(2)13-18)24(31)30-12-11-26(25-28-27-20(3)32-25)17-29(15-22(26)16-30)14-21-7-5-4-6-8-21/h4-10,13,22H,11-12,14-17H2,1-3H3/t22-,26+/m1/s1. The third-order valence-electron chi connectivity index (χ3n) is 7.13. The van der Waals surface area contributed by atoms with E-state index < -0.39 is 0 Å². The summed E-state index contributed by atoms with van der Waals surface area (Å²) in [4.78, 5) is 17.9. The van der Waals surface area contributed by atoms with Crippen LogP contribution < -0.4 is 0 Å². The minimum absolute atomic E-state index is 0.124. The Kier molecular flexibility index (Phi) is 5.33. The molecule has 0 radical (unpaired) electrons. The fourth-order valence-electron chi connectivity index (χ4n) is 5.50. The lowest BCUT2D eigenvalue weighted by atomic mass is 9.72. The maximum absolute atomic E-state index is 13.4. The van der Waals surface area contributed by atoms with Gasteiger partial charge < -0.3 is 9.32 Å². The molecule has 2 atom stereocenters. The topological polar surface area (TPSA) is 62.5 Å². The molecule has 0 N–H and O–H groups in total. The van der Waals surface area contributed by atoms with E-state index in [1.807, 2.05) is 36.9 Å². The molecule has 0 saturated carbocycles. The minimum atomic E-state index is -0.199. The molecule has 3 heterocycles. The number of aromatic nitrogens is 2. The first-order valence-corrected chi connectivity index (χ1v) is 11.4. The molecule has 166 valence electrons. The van der Waals surface area contributed by atoms with E-state index in [0.29, 0.717) is 19.0 Å². The van der Waals surface area contributed by atoms with Crippen molar-refractivity contribution in [1.29, 1.82) is 0 Å². The van der Waals surface area contributed by atoms with Crippen molar-refractivity contribution in [2.75, 3.05) is 26.2 Å². The number of benzene rings is 2. The molecular formula is C26H30N4O2. The maximum Gasteiger partial charge on any atom is 0.254 e. The molecule has 2 aromatic carbocycles. The van der Waals surface area contributed by atoms with E-state index >= 15 is 0 Å². The van der Waals surface area contributed by atoms with Crippen LogP contribution in [-0.2, 0) is 12.0 Å². The average molecular weight is 431 g/mol. The van der Waals surface area contributed by atoms with Crippen molar-refractivity contribution in [2.45, 2.75) is 39.2 Å². The molecule has 1 aromatic heterocycles. The predicted molar refractivity (Wildman–Crippen MR) is 122 cm³/mol. The Morgan fingerprint density at radius 3 is 2.62 bits per heavy atom. The summed E-state index contributed by atoms with van der Waals surface area (Å²) >= 11 is 0. The van der Waals surface area contributed by atoms with Crippen LogP contribution in [0.25, 0.3) is 0 Å². The minimum Gasteiger partial charge on any atom is -0.425 e. The first-order valence-electron chi connectivity index (χ1n) is 11.4. The van der Waals surface area contributed by atoms with Gasteiger partial charge in [-0.1, -0.05) is 48.0 Å². The van der Waals surface area contributed by atoms with Crippen LogP contribution in [0.1, 0.15) is 45.3 Å². The van der Waals surface area contributed by atoms with Crippen LogP contribution in [0, 0.1) is 26.7 Å². The Balaban J connectivity index is 1.41. The predicted octanol–water partition coefficient (Wildman–Crippen LogP) is 3.91. The lowest BCUT2D eigenvalue weighted by molar-refractivity contribution is 0.0567. The van der Waals surface area contributed by atoms with Gasteiger partial charge in [-0.15, -0.1) is 10.2 Å². The van der Waals surface area contributed by atoms with Crippen molar-refractivity contribution in [1.82, 2.24) is 20.0 Å². The van der Waals surface area contributed by atoms with Gasteiger partial charge in [0, 0.05) is 51.1 Å². The number of aryl methyl sites for hydroxylation is 3. The van der Waals surface area contributed by atoms with Gasteiger partial charge in [0.15, 0.2) is 0 Å². The molecule has 0 bridgehead atoms. The molecule has 2 fully saturated rings. The number of nitrogens with zero attached hydrogens (tertiary/aromatic N) is 4. The monoisotopic (exact) mass is 430 g/mol. The van der Waals surface area contributed by atoms with Gasteiger partial charge in [-0.05, 0) is 37.5 Å². The van der Waals surface area contributed by atoms with E-state index in [4.69, 9.17) is 4.42 Å². The fourth-order valence-corrected chi connectivity index (χ4v) is 5.50. The largest absolute Gasteiger partial charge is 0.425 e. The number of likely N-dealkylation sites (tertiary alicyclic amines) is 2. The zero-order valence-electron chi connectivity index (χ0n) is 19.0. The number of carbonyl (C=O) groups excluding carboxylic acids is 1. The maximum atomic E-state index is 13.4. The highest BCUT2D eigenvalue weighted by Gasteiger charge is 2.54. The second kappa shape index (κ2) is 8.17. The van der Waals surface area contributed by atoms with Crippen molar-refractivity contribution in [2.24, 2.45) is 5.92 Å². The summed E-state index contributed by atoms with van der Waals surface area (Å²) in [5.41, 5.74) is 4.11. The Morgan fingerprint density at radius 2 is 1.91 bits per heavy atom. The zero-order chi connectivity index (χ0) is 22.3. The van der Waals surface area contributed by atoms with E-state index in [9.17, 15) is 4.79 Å². The van der Waals surface area contributed by atoms with Crippen molar-refractivity contribution in [3.63, 3.8) is 0 Å².